The van der Waals surface area contributed by atoms with Gasteiger partial charge in [0, 0.05) is 33.2 Å². The Bertz CT molecular complexity index is 1050. The van der Waals surface area contributed by atoms with E-state index < -0.39 is 10.0 Å². The zero-order chi connectivity index (χ0) is 23.1. The monoisotopic (exact) mass is 458 g/mol. The molecule has 8 nitrogen and oxygen atoms in total. The zero-order valence-electron chi connectivity index (χ0n) is 18.3. The van der Waals surface area contributed by atoms with E-state index in [9.17, 15) is 18.0 Å². The fraction of sp³-hybridized carbons (Fsp3) is 0.391. The number of amides is 2. The number of aromatic nitrogens is 1. The molecule has 0 aliphatic carbocycles. The summed E-state index contributed by atoms with van der Waals surface area (Å²) in [5.41, 5.74) is 1.43. The second kappa shape index (κ2) is 10.6. The summed E-state index contributed by atoms with van der Waals surface area (Å²) < 4.78 is 29.2. The van der Waals surface area contributed by atoms with Crippen LogP contribution in [0.4, 0.5) is 0 Å². The molecule has 0 unspecified atom stereocenters. The number of nitrogens with zero attached hydrogens (tertiary/aromatic N) is 2. The quantitative estimate of drug-likeness (QED) is 0.559. The first-order valence-electron chi connectivity index (χ1n) is 10.7. The molecule has 0 spiro atoms. The van der Waals surface area contributed by atoms with Crippen LogP contribution < -0.4 is 10.6 Å². The van der Waals surface area contributed by atoms with Crippen LogP contribution in [0, 0.1) is 5.92 Å². The molecule has 2 amide bonds. The van der Waals surface area contributed by atoms with Crippen LogP contribution in [0.1, 0.15) is 28.9 Å². The highest BCUT2D eigenvalue weighted by Crippen LogP contribution is 2.24. The van der Waals surface area contributed by atoms with Gasteiger partial charge in [-0.1, -0.05) is 36.9 Å². The first-order chi connectivity index (χ1) is 15.3. The van der Waals surface area contributed by atoms with Gasteiger partial charge in [-0.15, -0.1) is 0 Å². The van der Waals surface area contributed by atoms with Gasteiger partial charge in [0.2, 0.25) is 5.91 Å². The standard InChI is InChI=1S/C23H30N4O4S/c1-3-21(28)25-17-19-12-15-27(16-13-19)32(30,31)22-10-9-20(26(22)2)23(29)24-14-11-18-7-5-4-6-8-18/h3-10,19H,1,11-17H2,2H3,(H,24,29)(H,25,28). The molecule has 0 bridgehead atoms. The normalized spacial score (nSPS) is 15.3. The van der Waals surface area contributed by atoms with Crippen molar-refractivity contribution in [3.05, 3.63) is 66.4 Å². The van der Waals surface area contributed by atoms with Gasteiger partial charge in [-0.2, -0.15) is 4.31 Å². The van der Waals surface area contributed by atoms with E-state index in [4.69, 9.17) is 0 Å². The van der Waals surface area contributed by atoms with Gasteiger partial charge in [-0.3, -0.25) is 9.59 Å². The molecule has 2 aromatic rings. The molecule has 1 aliphatic rings. The molecule has 172 valence electrons. The lowest BCUT2D eigenvalue weighted by Gasteiger charge is -2.31. The predicted octanol–water partition coefficient (Wildman–Crippen LogP) is 1.70. The van der Waals surface area contributed by atoms with Crippen molar-refractivity contribution in [2.24, 2.45) is 13.0 Å². The predicted molar refractivity (Wildman–Crippen MR) is 123 cm³/mol. The molecule has 1 aromatic heterocycles. The van der Waals surface area contributed by atoms with Gasteiger partial charge < -0.3 is 15.2 Å². The first kappa shape index (κ1) is 23.7. The van der Waals surface area contributed by atoms with E-state index in [0.29, 0.717) is 51.1 Å². The molecule has 32 heavy (non-hydrogen) atoms. The third-order valence-corrected chi connectivity index (χ3v) is 7.76. The number of hydrogen-bond acceptors (Lipinski definition) is 4. The van der Waals surface area contributed by atoms with Crippen molar-refractivity contribution < 1.29 is 18.0 Å². The second-order valence-corrected chi connectivity index (χ2v) is 9.79. The summed E-state index contributed by atoms with van der Waals surface area (Å²) in [7, 11) is -2.12. The molecule has 2 N–H and O–H groups in total. The van der Waals surface area contributed by atoms with Gasteiger partial charge in [0.05, 0.1) is 0 Å². The molecule has 1 fully saturated rings. The minimum absolute atomic E-state index is 0.101. The number of hydrogen-bond donors (Lipinski definition) is 2. The molecule has 2 heterocycles. The second-order valence-electron chi connectivity index (χ2n) is 7.90. The number of carbonyl (C=O) groups is 2. The number of benzene rings is 1. The highest BCUT2D eigenvalue weighted by atomic mass is 32.2. The highest BCUT2D eigenvalue weighted by Gasteiger charge is 2.32. The molecule has 1 aliphatic heterocycles. The van der Waals surface area contributed by atoms with Crippen LogP contribution in [0.15, 0.2) is 60.1 Å². The Balaban J connectivity index is 1.58. The topological polar surface area (TPSA) is 101 Å². The number of sulfonamides is 1. The van der Waals surface area contributed by atoms with Crippen LogP contribution in [-0.2, 0) is 28.3 Å². The van der Waals surface area contributed by atoms with Crippen molar-refractivity contribution in [1.29, 1.82) is 0 Å². The van der Waals surface area contributed by atoms with Crippen molar-refractivity contribution in [2.45, 2.75) is 24.3 Å². The van der Waals surface area contributed by atoms with E-state index >= 15 is 0 Å². The summed E-state index contributed by atoms with van der Waals surface area (Å²) in [4.78, 5) is 23.9. The number of piperidine rings is 1. The average Bonchev–Trinajstić information content (AvgIpc) is 3.20. The zero-order valence-corrected chi connectivity index (χ0v) is 19.1. The van der Waals surface area contributed by atoms with E-state index in [1.54, 1.807) is 13.1 Å². The largest absolute Gasteiger partial charge is 0.352 e. The van der Waals surface area contributed by atoms with E-state index in [-0.39, 0.29) is 22.8 Å². The Morgan fingerprint density at radius 2 is 1.78 bits per heavy atom. The Morgan fingerprint density at radius 3 is 2.44 bits per heavy atom. The summed E-state index contributed by atoms with van der Waals surface area (Å²) in [6.45, 7) is 5.15. The molecular formula is C23H30N4O4S. The SMILES string of the molecule is C=CC(=O)NCC1CCN(S(=O)(=O)c2ccc(C(=O)NCCc3ccccc3)n2C)CC1. The van der Waals surface area contributed by atoms with Crippen LogP contribution >= 0.6 is 0 Å². The maximum Gasteiger partial charge on any atom is 0.267 e. The van der Waals surface area contributed by atoms with Gasteiger partial charge in [-0.25, -0.2) is 8.42 Å². The van der Waals surface area contributed by atoms with Crippen LogP contribution in [-0.4, -0.2) is 55.3 Å². The van der Waals surface area contributed by atoms with E-state index in [0.717, 1.165) is 5.56 Å². The van der Waals surface area contributed by atoms with Gasteiger partial charge in [0.1, 0.15) is 5.69 Å². The number of rotatable bonds is 9. The Morgan fingerprint density at radius 1 is 1.09 bits per heavy atom. The fourth-order valence-corrected chi connectivity index (χ4v) is 5.48. The van der Waals surface area contributed by atoms with Crippen LogP contribution in [0.2, 0.25) is 0 Å². The Labute approximate surface area is 189 Å². The van der Waals surface area contributed by atoms with Crippen molar-refractivity contribution >= 4 is 21.8 Å². The van der Waals surface area contributed by atoms with E-state index in [2.05, 4.69) is 17.2 Å². The van der Waals surface area contributed by atoms with Gasteiger partial charge in [-0.05, 0) is 49.0 Å². The molecule has 0 atom stereocenters. The highest BCUT2D eigenvalue weighted by molar-refractivity contribution is 7.89. The molecule has 3 rings (SSSR count). The van der Waals surface area contributed by atoms with Crippen LogP contribution in [0.25, 0.3) is 0 Å². The summed E-state index contributed by atoms with van der Waals surface area (Å²) in [6.07, 6.45) is 3.25. The van der Waals surface area contributed by atoms with Crippen molar-refractivity contribution in [3.8, 4) is 0 Å². The molecular weight excluding hydrogens is 428 g/mol. The molecule has 9 heteroatoms. The van der Waals surface area contributed by atoms with Crippen LogP contribution in [0.3, 0.4) is 0 Å². The molecule has 1 aromatic carbocycles. The van der Waals surface area contributed by atoms with Gasteiger partial charge >= 0.3 is 0 Å². The van der Waals surface area contributed by atoms with Crippen molar-refractivity contribution in [2.75, 3.05) is 26.2 Å². The summed E-state index contributed by atoms with van der Waals surface area (Å²) in [6, 6.07) is 12.9. The van der Waals surface area contributed by atoms with Gasteiger partial charge in [0.15, 0.2) is 5.03 Å². The third-order valence-electron chi connectivity index (χ3n) is 5.78. The van der Waals surface area contributed by atoms with Crippen molar-refractivity contribution in [1.82, 2.24) is 19.5 Å². The lowest BCUT2D eigenvalue weighted by atomic mass is 9.98. The maximum absolute atomic E-state index is 13.2. The fourth-order valence-electron chi connectivity index (χ4n) is 3.84. The Hall–Kier alpha value is -2.91. The smallest absolute Gasteiger partial charge is 0.267 e. The Kier molecular flexibility index (Phi) is 7.87. The van der Waals surface area contributed by atoms with E-state index in [1.807, 2.05) is 30.3 Å². The number of carbonyl (C=O) groups excluding carboxylic acids is 2. The average molecular weight is 459 g/mol. The number of nitrogens with one attached hydrogen (secondary N) is 2. The molecule has 0 saturated carbocycles. The minimum Gasteiger partial charge on any atom is -0.352 e. The maximum atomic E-state index is 13.2. The third kappa shape index (κ3) is 5.66. The van der Waals surface area contributed by atoms with Gasteiger partial charge in [0.25, 0.3) is 15.9 Å². The summed E-state index contributed by atoms with van der Waals surface area (Å²) in [5.74, 6) is -0.301. The molecule has 0 radical (unpaired) electrons. The summed E-state index contributed by atoms with van der Waals surface area (Å²) >= 11 is 0. The van der Waals surface area contributed by atoms with Crippen molar-refractivity contribution in [3.63, 3.8) is 0 Å². The first-order valence-corrected chi connectivity index (χ1v) is 12.1. The lowest BCUT2D eigenvalue weighted by Crippen LogP contribution is -2.41. The van der Waals surface area contributed by atoms with Crippen LogP contribution in [0.5, 0.6) is 0 Å². The lowest BCUT2D eigenvalue weighted by molar-refractivity contribution is -0.116. The van der Waals surface area contributed by atoms with E-state index in [1.165, 1.54) is 21.0 Å². The summed E-state index contributed by atoms with van der Waals surface area (Å²) in [5, 5.41) is 5.72. The molecule has 1 saturated heterocycles. The minimum atomic E-state index is -3.72.